The molecule has 0 rings (SSSR count). The summed E-state index contributed by atoms with van der Waals surface area (Å²) in [7, 11) is 0. The molecule has 110 valence electrons. The van der Waals surface area contributed by atoms with Crippen molar-refractivity contribution in [1.29, 1.82) is 0 Å². The molecule has 0 radical (unpaired) electrons. The fourth-order valence-electron chi connectivity index (χ4n) is 1.69. The minimum Gasteiger partial charge on any atom is -0.396 e. The Labute approximate surface area is 113 Å². The van der Waals surface area contributed by atoms with Gasteiger partial charge < -0.3 is 14.6 Å². The van der Waals surface area contributed by atoms with Gasteiger partial charge in [0, 0.05) is 33.0 Å². The number of unbranched alkanes of at least 4 members (excludes halogenated alkanes) is 3. The molecule has 0 heterocycles. The fraction of sp³-hybridized carbons (Fsp3) is 1.00. The Morgan fingerprint density at radius 1 is 0.722 bits per heavy atom. The summed E-state index contributed by atoms with van der Waals surface area (Å²) in [4.78, 5) is 0. The smallest absolute Gasteiger partial charge is 0.0466 e. The summed E-state index contributed by atoms with van der Waals surface area (Å²) in [5.41, 5.74) is 0. The zero-order valence-corrected chi connectivity index (χ0v) is 12.3. The van der Waals surface area contributed by atoms with Crippen molar-refractivity contribution in [2.24, 2.45) is 5.92 Å². The van der Waals surface area contributed by atoms with Gasteiger partial charge in [0.05, 0.1) is 0 Å². The van der Waals surface area contributed by atoms with E-state index < -0.39 is 0 Å². The highest BCUT2D eigenvalue weighted by Gasteiger charge is 1.95. The highest BCUT2D eigenvalue weighted by atomic mass is 16.5. The molecule has 0 aromatic rings. The second-order valence-corrected chi connectivity index (χ2v) is 5.25. The Balaban J connectivity index is 2.90. The van der Waals surface area contributed by atoms with Crippen LogP contribution in [-0.4, -0.2) is 38.1 Å². The van der Waals surface area contributed by atoms with Crippen LogP contribution in [0.4, 0.5) is 0 Å². The molecule has 1 N–H and O–H groups in total. The van der Waals surface area contributed by atoms with E-state index in [4.69, 9.17) is 14.6 Å². The number of hydrogen-bond donors (Lipinski definition) is 1. The van der Waals surface area contributed by atoms with E-state index in [2.05, 4.69) is 13.8 Å². The molecule has 18 heavy (non-hydrogen) atoms. The van der Waals surface area contributed by atoms with Crippen molar-refractivity contribution in [2.75, 3.05) is 33.0 Å². The summed E-state index contributed by atoms with van der Waals surface area (Å²) in [6.07, 6.45) is 7.75. The normalized spacial score (nSPS) is 11.3. The van der Waals surface area contributed by atoms with Crippen molar-refractivity contribution in [3.05, 3.63) is 0 Å². The van der Waals surface area contributed by atoms with E-state index in [1.165, 1.54) is 19.3 Å². The molecule has 0 aliphatic rings. The van der Waals surface area contributed by atoms with Crippen molar-refractivity contribution in [2.45, 2.75) is 58.8 Å². The molecular formula is C15H32O3. The highest BCUT2D eigenvalue weighted by Crippen LogP contribution is 2.06. The monoisotopic (exact) mass is 260 g/mol. The zero-order chi connectivity index (χ0) is 13.5. The van der Waals surface area contributed by atoms with Gasteiger partial charge >= 0.3 is 0 Å². The van der Waals surface area contributed by atoms with Crippen LogP contribution >= 0.6 is 0 Å². The summed E-state index contributed by atoms with van der Waals surface area (Å²) < 4.78 is 11.0. The third-order valence-electron chi connectivity index (χ3n) is 2.84. The lowest BCUT2D eigenvalue weighted by Gasteiger charge is -2.06. The Bertz CT molecular complexity index is 149. The maximum Gasteiger partial charge on any atom is 0.0466 e. The average molecular weight is 260 g/mol. The SMILES string of the molecule is CC(C)CCCCOCCCCOCCCCO. The molecule has 3 nitrogen and oxygen atoms in total. The van der Waals surface area contributed by atoms with E-state index in [0.29, 0.717) is 0 Å². The second kappa shape index (κ2) is 14.9. The lowest BCUT2D eigenvalue weighted by Crippen LogP contribution is -2.02. The van der Waals surface area contributed by atoms with Gasteiger partial charge in [-0.25, -0.2) is 0 Å². The van der Waals surface area contributed by atoms with Gasteiger partial charge in [-0.05, 0) is 38.0 Å². The van der Waals surface area contributed by atoms with Crippen LogP contribution in [0.3, 0.4) is 0 Å². The predicted molar refractivity (Wildman–Crippen MR) is 75.9 cm³/mol. The van der Waals surface area contributed by atoms with E-state index in [0.717, 1.165) is 58.0 Å². The molecule has 0 saturated heterocycles. The quantitative estimate of drug-likeness (QED) is 0.486. The first-order valence-electron chi connectivity index (χ1n) is 7.53. The average Bonchev–Trinajstić information content (AvgIpc) is 2.34. The van der Waals surface area contributed by atoms with Crippen molar-refractivity contribution in [1.82, 2.24) is 0 Å². The van der Waals surface area contributed by atoms with E-state index >= 15 is 0 Å². The van der Waals surface area contributed by atoms with Crippen LogP contribution < -0.4 is 0 Å². The second-order valence-electron chi connectivity index (χ2n) is 5.25. The Kier molecular flexibility index (Phi) is 14.8. The van der Waals surface area contributed by atoms with Gasteiger partial charge in [0.25, 0.3) is 0 Å². The van der Waals surface area contributed by atoms with Crippen LogP contribution in [0.25, 0.3) is 0 Å². The standard InChI is InChI=1S/C15H32O3/c1-15(2)9-3-5-11-17-13-7-8-14-18-12-6-4-10-16/h15-16H,3-14H2,1-2H3. The van der Waals surface area contributed by atoms with Crippen LogP contribution in [0.5, 0.6) is 0 Å². The minimum absolute atomic E-state index is 0.272. The first kappa shape index (κ1) is 17.9. The van der Waals surface area contributed by atoms with Crippen LogP contribution in [0.1, 0.15) is 58.8 Å². The molecule has 0 aliphatic heterocycles. The van der Waals surface area contributed by atoms with Gasteiger partial charge in [-0.15, -0.1) is 0 Å². The molecule has 0 aliphatic carbocycles. The molecular weight excluding hydrogens is 228 g/mol. The molecule has 0 saturated carbocycles. The van der Waals surface area contributed by atoms with Gasteiger partial charge in [0.1, 0.15) is 0 Å². The summed E-state index contributed by atoms with van der Waals surface area (Å²) in [5, 5.41) is 8.59. The van der Waals surface area contributed by atoms with Crippen LogP contribution in [0, 0.1) is 5.92 Å². The molecule has 0 bridgehead atoms. The van der Waals surface area contributed by atoms with Gasteiger partial charge in [-0.3, -0.25) is 0 Å². The first-order valence-corrected chi connectivity index (χ1v) is 7.53. The Morgan fingerprint density at radius 3 is 1.61 bits per heavy atom. The molecule has 0 aromatic heterocycles. The third kappa shape index (κ3) is 15.9. The van der Waals surface area contributed by atoms with Gasteiger partial charge in [-0.2, -0.15) is 0 Å². The van der Waals surface area contributed by atoms with Gasteiger partial charge in [0.2, 0.25) is 0 Å². The number of rotatable bonds is 14. The maximum atomic E-state index is 8.59. The van der Waals surface area contributed by atoms with Crippen molar-refractivity contribution >= 4 is 0 Å². The summed E-state index contributed by atoms with van der Waals surface area (Å²) >= 11 is 0. The largest absolute Gasteiger partial charge is 0.396 e. The van der Waals surface area contributed by atoms with Crippen LogP contribution in [-0.2, 0) is 9.47 Å². The lowest BCUT2D eigenvalue weighted by molar-refractivity contribution is 0.0973. The first-order chi connectivity index (χ1) is 8.77. The molecule has 0 unspecified atom stereocenters. The van der Waals surface area contributed by atoms with E-state index in [9.17, 15) is 0 Å². The fourth-order valence-corrected chi connectivity index (χ4v) is 1.69. The maximum absolute atomic E-state index is 8.59. The van der Waals surface area contributed by atoms with Crippen LogP contribution in [0.2, 0.25) is 0 Å². The summed E-state index contributed by atoms with van der Waals surface area (Å²) in [5.74, 6) is 0.813. The van der Waals surface area contributed by atoms with E-state index in [-0.39, 0.29) is 6.61 Å². The molecule has 0 aromatic carbocycles. The predicted octanol–water partition coefficient (Wildman–Crippen LogP) is 3.40. The summed E-state index contributed by atoms with van der Waals surface area (Å²) in [6.45, 7) is 8.17. The number of ether oxygens (including phenoxy) is 2. The van der Waals surface area contributed by atoms with Crippen LogP contribution in [0.15, 0.2) is 0 Å². The zero-order valence-electron chi connectivity index (χ0n) is 12.3. The van der Waals surface area contributed by atoms with Crippen molar-refractivity contribution < 1.29 is 14.6 Å². The van der Waals surface area contributed by atoms with Crippen molar-refractivity contribution in [3.8, 4) is 0 Å². The van der Waals surface area contributed by atoms with Crippen molar-refractivity contribution in [3.63, 3.8) is 0 Å². The molecule has 0 spiro atoms. The van der Waals surface area contributed by atoms with Gasteiger partial charge in [0.15, 0.2) is 0 Å². The topological polar surface area (TPSA) is 38.7 Å². The van der Waals surface area contributed by atoms with E-state index in [1.54, 1.807) is 0 Å². The number of aliphatic hydroxyl groups excluding tert-OH is 1. The summed E-state index contributed by atoms with van der Waals surface area (Å²) in [6, 6.07) is 0. The Morgan fingerprint density at radius 2 is 1.17 bits per heavy atom. The Hall–Kier alpha value is -0.120. The lowest BCUT2D eigenvalue weighted by atomic mass is 10.1. The highest BCUT2D eigenvalue weighted by molar-refractivity contribution is 4.46. The number of hydrogen-bond acceptors (Lipinski definition) is 3. The minimum atomic E-state index is 0.272. The number of aliphatic hydroxyl groups is 1. The molecule has 0 amide bonds. The molecule has 0 fully saturated rings. The third-order valence-corrected chi connectivity index (χ3v) is 2.84. The van der Waals surface area contributed by atoms with E-state index in [1.807, 2.05) is 0 Å². The molecule has 0 atom stereocenters. The van der Waals surface area contributed by atoms with Gasteiger partial charge in [-0.1, -0.05) is 26.7 Å². The molecule has 3 heteroatoms.